The molecule has 2 bridgehead atoms. The lowest BCUT2D eigenvalue weighted by Gasteiger charge is -2.44. The number of pyridine rings is 1. The lowest BCUT2D eigenvalue weighted by molar-refractivity contribution is -0.122. The Morgan fingerprint density at radius 2 is 2.03 bits per heavy atom. The average molecular weight is 410 g/mol. The average Bonchev–Trinajstić information content (AvgIpc) is 3.19. The number of hydrogen-bond donors (Lipinski definition) is 1. The van der Waals surface area contributed by atoms with Crippen LogP contribution in [-0.2, 0) is 4.79 Å². The first kappa shape index (κ1) is 19.7. The van der Waals surface area contributed by atoms with Gasteiger partial charge in [0.25, 0.3) is 6.47 Å². The van der Waals surface area contributed by atoms with Gasteiger partial charge in [-0.15, -0.1) is 0 Å². The predicted molar refractivity (Wildman–Crippen MR) is 113 cm³/mol. The summed E-state index contributed by atoms with van der Waals surface area (Å²) in [6, 6.07) is 10.2. The van der Waals surface area contributed by atoms with Crippen LogP contribution in [0.25, 0.3) is 21.2 Å². The lowest BCUT2D eigenvalue weighted by atomic mass is 9.76. The van der Waals surface area contributed by atoms with Gasteiger partial charge in [0.15, 0.2) is 5.78 Å². The summed E-state index contributed by atoms with van der Waals surface area (Å²) in [6.07, 6.45) is 6.79. The molecule has 3 aliphatic heterocycles. The molecule has 6 rings (SSSR count). The van der Waals surface area contributed by atoms with Crippen LogP contribution in [0, 0.1) is 11.8 Å². The molecule has 2 aromatic heterocycles. The van der Waals surface area contributed by atoms with Crippen LogP contribution < -0.4 is 0 Å². The van der Waals surface area contributed by atoms with E-state index in [1.54, 1.807) is 6.20 Å². The molecule has 3 fully saturated rings. The number of benzene rings is 1. The number of fused-ring (bicyclic) bond motifs is 4. The van der Waals surface area contributed by atoms with Crippen molar-refractivity contribution in [1.29, 1.82) is 0 Å². The van der Waals surface area contributed by atoms with Gasteiger partial charge in [-0.2, -0.15) is 4.37 Å². The van der Waals surface area contributed by atoms with Gasteiger partial charge in [-0.3, -0.25) is 14.6 Å². The summed E-state index contributed by atoms with van der Waals surface area (Å²) < 4.78 is 5.59. The molecule has 3 aliphatic rings. The molecular formula is C22H23N3O3S. The van der Waals surface area contributed by atoms with Gasteiger partial charge in [0.05, 0.1) is 4.70 Å². The fourth-order valence-electron chi connectivity index (χ4n) is 4.51. The van der Waals surface area contributed by atoms with Crippen LogP contribution in [-0.4, -0.2) is 51.3 Å². The third kappa shape index (κ3) is 4.21. The van der Waals surface area contributed by atoms with Crippen molar-refractivity contribution in [3.05, 3.63) is 48.4 Å². The second-order valence-electron chi connectivity index (χ2n) is 7.61. The Bertz CT molecular complexity index is 997. The molecule has 1 atom stereocenters. The van der Waals surface area contributed by atoms with Crippen molar-refractivity contribution < 1.29 is 14.7 Å². The van der Waals surface area contributed by atoms with Gasteiger partial charge >= 0.3 is 0 Å². The van der Waals surface area contributed by atoms with Crippen LogP contribution in [0.2, 0.25) is 0 Å². The lowest BCUT2D eigenvalue weighted by Crippen LogP contribution is -2.47. The molecule has 0 unspecified atom stereocenters. The van der Waals surface area contributed by atoms with E-state index >= 15 is 0 Å². The summed E-state index contributed by atoms with van der Waals surface area (Å²) in [5.74, 6) is 1.45. The van der Waals surface area contributed by atoms with E-state index in [1.165, 1.54) is 37.5 Å². The van der Waals surface area contributed by atoms with Crippen LogP contribution in [0.5, 0.6) is 0 Å². The van der Waals surface area contributed by atoms with E-state index < -0.39 is 0 Å². The molecule has 1 aromatic carbocycles. The SMILES string of the molecule is O=C(C[C@@H]1CN2CCC1CC2)c1nsc2cc(-c3cccnc3)ccc12.O=CO. The molecule has 7 heteroatoms. The number of hydrogen-bond acceptors (Lipinski definition) is 6. The highest BCUT2D eigenvalue weighted by molar-refractivity contribution is 7.13. The molecule has 3 aromatic rings. The summed E-state index contributed by atoms with van der Waals surface area (Å²) in [5, 5.41) is 7.88. The topological polar surface area (TPSA) is 83.4 Å². The molecule has 150 valence electrons. The highest BCUT2D eigenvalue weighted by atomic mass is 32.1. The Labute approximate surface area is 173 Å². The van der Waals surface area contributed by atoms with E-state index in [1.807, 2.05) is 18.3 Å². The Morgan fingerprint density at radius 1 is 1.24 bits per heavy atom. The normalized spacial score (nSPS) is 22.7. The number of carbonyl (C=O) groups excluding carboxylic acids is 1. The zero-order valence-electron chi connectivity index (χ0n) is 16.0. The number of aromatic nitrogens is 2. The zero-order valence-corrected chi connectivity index (χ0v) is 16.8. The smallest absolute Gasteiger partial charge is 0.290 e. The molecule has 0 spiro atoms. The number of carboxylic acid groups (broad SMARTS) is 1. The number of carbonyl (C=O) groups is 2. The van der Waals surface area contributed by atoms with E-state index in [4.69, 9.17) is 9.90 Å². The van der Waals surface area contributed by atoms with Gasteiger partial charge in [0, 0.05) is 36.3 Å². The first-order valence-corrected chi connectivity index (χ1v) is 10.6. The molecule has 1 N–H and O–H groups in total. The van der Waals surface area contributed by atoms with Crippen molar-refractivity contribution >= 4 is 33.9 Å². The summed E-state index contributed by atoms with van der Waals surface area (Å²) in [5.41, 5.74) is 2.87. The molecule has 5 heterocycles. The minimum absolute atomic E-state index is 0.212. The minimum atomic E-state index is -0.250. The summed E-state index contributed by atoms with van der Waals surface area (Å²) in [6.45, 7) is 3.27. The van der Waals surface area contributed by atoms with Crippen LogP contribution in [0.15, 0.2) is 42.7 Å². The monoisotopic (exact) mass is 409 g/mol. The maximum atomic E-state index is 12.9. The number of ketones is 1. The van der Waals surface area contributed by atoms with Crippen molar-refractivity contribution in [1.82, 2.24) is 14.3 Å². The fraction of sp³-hybridized carbons (Fsp3) is 0.364. The van der Waals surface area contributed by atoms with Gasteiger partial charge in [-0.25, -0.2) is 0 Å². The third-order valence-electron chi connectivity index (χ3n) is 5.97. The van der Waals surface area contributed by atoms with Crippen LogP contribution >= 0.6 is 11.5 Å². The molecule has 0 radical (unpaired) electrons. The molecule has 6 nitrogen and oxygen atoms in total. The second kappa shape index (κ2) is 8.80. The maximum absolute atomic E-state index is 12.9. The Kier molecular flexibility index (Phi) is 5.97. The van der Waals surface area contributed by atoms with E-state index in [0.29, 0.717) is 18.0 Å². The number of piperidine rings is 3. The molecule has 0 aliphatic carbocycles. The van der Waals surface area contributed by atoms with Crippen molar-refractivity contribution in [2.75, 3.05) is 19.6 Å². The highest BCUT2D eigenvalue weighted by Gasteiger charge is 2.35. The fourth-order valence-corrected chi connectivity index (χ4v) is 5.34. The van der Waals surface area contributed by atoms with Crippen molar-refractivity contribution in [3.63, 3.8) is 0 Å². The van der Waals surface area contributed by atoms with Crippen molar-refractivity contribution in [3.8, 4) is 11.1 Å². The molecule has 3 saturated heterocycles. The summed E-state index contributed by atoms with van der Waals surface area (Å²) >= 11 is 1.43. The van der Waals surface area contributed by atoms with E-state index in [0.717, 1.165) is 33.7 Å². The number of rotatable bonds is 4. The molecular weight excluding hydrogens is 386 g/mol. The quantitative estimate of drug-likeness (QED) is 0.518. The van der Waals surface area contributed by atoms with Gasteiger partial charge in [-0.05, 0) is 67.0 Å². The predicted octanol–water partition coefficient (Wildman–Crippen LogP) is 3.97. The zero-order chi connectivity index (χ0) is 20.2. The molecule has 0 saturated carbocycles. The first-order valence-electron chi connectivity index (χ1n) is 9.83. The third-order valence-corrected chi connectivity index (χ3v) is 6.78. The van der Waals surface area contributed by atoms with Gasteiger partial charge in [-0.1, -0.05) is 18.2 Å². The van der Waals surface area contributed by atoms with E-state index in [-0.39, 0.29) is 12.3 Å². The number of nitrogens with zero attached hydrogens (tertiary/aromatic N) is 3. The largest absolute Gasteiger partial charge is 0.483 e. The van der Waals surface area contributed by atoms with Gasteiger partial charge in [0.1, 0.15) is 5.69 Å². The van der Waals surface area contributed by atoms with Gasteiger partial charge < -0.3 is 10.0 Å². The standard InChI is InChI=1S/C21H21N3OS.CH2O2/c25-19(10-17-13-24-8-5-14(17)6-9-24)21-18-4-3-15(11-20(18)26-23-21)16-2-1-7-22-12-16;2-1-3/h1-4,7,11-12,14,17H,5-6,8-10,13H2;1H,(H,2,3)/t17-;/m1./s1. The van der Waals surface area contributed by atoms with Crippen molar-refractivity contribution in [2.24, 2.45) is 11.8 Å². The van der Waals surface area contributed by atoms with Gasteiger partial charge in [0.2, 0.25) is 0 Å². The summed E-state index contributed by atoms with van der Waals surface area (Å²) in [7, 11) is 0. The highest BCUT2D eigenvalue weighted by Crippen LogP contribution is 2.36. The molecule has 0 amide bonds. The van der Waals surface area contributed by atoms with E-state index in [2.05, 4.69) is 32.5 Å². The van der Waals surface area contributed by atoms with E-state index in [9.17, 15) is 4.79 Å². The second-order valence-corrected chi connectivity index (χ2v) is 8.42. The minimum Gasteiger partial charge on any atom is -0.483 e. The molecule has 29 heavy (non-hydrogen) atoms. The van der Waals surface area contributed by atoms with Crippen LogP contribution in [0.4, 0.5) is 0 Å². The Hall–Kier alpha value is -2.64. The Balaban J connectivity index is 0.000000645. The van der Waals surface area contributed by atoms with Crippen molar-refractivity contribution in [2.45, 2.75) is 19.3 Å². The first-order chi connectivity index (χ1) is 14.2. The van der Waals surface area contributed by atoms with Crippen LogP contribution in [0.1, 0.15) is 29.8 Å². The Morgan fingerprint density at radius 3 is 2.69 bits per heavy atom. The number of Topliss-reactive ketones (excluding diaryl/α,β-unsaturated/α-hetero) is 1. The summed E-state index contributed by atoms with van der Waals surface area (Å²) in [4.78, 5) is 28.0. The van der Waals surface area contributed by atoms with Crippen LogP contribution in [0.3, 0.4) is 0 Å². The maximum Gasteiger partial charge on any atom is 0.290 e.